The summed E-state index contributed by atoms with van der Waals surface area (Å²) in [4.78, 5) is 10.9. The van der Waals surface area contributed by atoms with Gasteiger partial charge in [0.1, 0.15) is 5.15 Å². The molecule has 0 unspecified atom stereocenters. The largest absolute Gasteiger partial charge is 0.287 e. The van der Waals surface area contributed by atoms with Crippen molar-refractivity contribution in [1.29, 1.82) is 0 Å². The Morgan fingerprint density at radius 3 is 2.83 bits per heavy atom. The molecule has 5 nitrogen and oxygen atoms in total. The molecule has 1 heterocycles. The van der Waals surface area contributed by atoms with Crippen molar-refractivity contribution in [2.75, 3.05) is 6.61 Å². The Hall–Kier alpha value is -1.21. The maximum absolute atomic E-state index is 11.8. The molecule has 0 saturated heterocycles. The summed E-state index contributed by atoms with van der Waals surface area (Å²) in [5.74, 6) is 0. The standard InChI is InChI=1S/C11H11ClN2O3S/c1-2-17-14-18(15,16)9-4-5-10-8(7-9)3-6-11(12)13-10/h3-7,14H,2H2,1H3. The summed E-state index contributed by atoms with van der Waals surface area (Å²) >= 11 is 5.76. The zero-order valence-electron chi connectivity index (χ0n) is 9.55. The fourth-order valence-electron chi connectivity index (χ4n) is 1.43. The fourth-order valence-corrected chi connectivity index (χ4v) is 2.48. The molecular weight excluding hydrogens is 276 g/mol. The average molecular weight is 287 g/mol. The van der Waals surface area contributed by atoms with Crippen LogP contribution in [0.2, 0.25) is 5.15 Å². The van der Waals surface area contributed by atoms with Crippen molar-refractivity contribution in [3.8, 4) is 0 Å². The normalized spacial score (nSPS) is 11.9. The van der Waals surface area contributed by atoms with Gasteiger partial charge in [0.05, 0.1) is 17.0 Å². The second-order valence-electron chi connectivity index (χ2n) is 3.51. The topological polar surface area (TPSA) is 68.3 Å². The van der Waals surface area contributed by atoms with Crippen molar-refractivity contribution < 1.29 is 13.3 Å². The van der Waals surface area contributed by atoms with Gasteiger partial charge in [-0.15, -0.1) is 0 Å². The highest BCUT2D eigenvalue weighted by Crippen LogP contribution is 2.19. The molecular formula is C11H11ClN2O3S. The number of nitrogens with zero attached hydrogens (tertiary/aromatic N) is 1. The summed E-state index contributed by atoms with van der Waals surface area (Å²) in [7, 11) is -3.66. The zero-order chi connectivity index (χ0) is 13.2. The van der Waals surface area contributed by atoms with E-state index in [9.17, 15) is 8.42 Å². The molecule has 0 radical (unpaired) electrons. The first-order valence-electron chi connectivity index (χ1n) is 5.23. The van der Waals surface area contributed by atoms with Crippen LogP contribution in [0.5, 0.6) is 0 Å². The maximum atomic E-state index is 11.8. The van der Waals surface area contributed by atoms with Crippen LogP contribution in [0, 0.1) is 0 Å². The lowest BCUT2D eigenvalue weighted by Crippen LogP contribution is -2.23. The van der Waals surface area contributed by atoms with E-state index in [1.165, 1.54) is 12.1 Å². The Kier molecular flexibility index (Phi) is 3.82. The van der Waals surface area contributed by atoms with Crippen molar-refractivity contribution in [3.63, 3.8) is 0 Å². The fraction of sp³-hybridized carbons (Fsp3) is 0.182. The van der Waals surface area contributed by atoms with E-state index in [-0.39, 0.29) is 11.5 Å². The summed E-state index contributed by atoms with van der Waals surface area (Å²) in [6.45, 7) is 1.94. The minimum atomic E-state index is -3.66. The monoisotopic (exact) mass is 286 g/mol. The molecule has 0 fully saturated rings. The Labute approximate surface area is 110 Å². The van der Waals surface area contributed by atoms with Crippen molar-refractivity contribution >= 4 is 32.5 Å². The van der Waals surface area contributed by atoms with Gasteiger partial charge in [-0.2, -0.15) is 0 Å². The third-order valence-electron chi connectivity index (χ3n) is 2.25. The molecule has 0 bridgehead atoms. The lowest BCUT2D eigenvalue weighted by atomic mass is 10.2. The summed E-state index contributed by atoms with van der Waals surface area (Å²) in [6.07, 6.45) is 0. The van der Waals surface area contributed by atoms with Crippen LogP contribution in [0.4, 0.5) is 0 Å². The first kappa shape index (κ1) is 13.2. The predicted molar refractivity (Wildman–Crippen MR) is 68.7 cm³/mol. The molecule has 1 N–H and O–H groups in total. The van der Waals surface area contributed by atoms with Crippen LogP contribution < -0.4 is 4.89 Å². The van der Waals surface area contributed by atoms with Crippen LogP contribution in [-0.2, 0) is 14.9 Å². The third kappa shape index (κ3) is 2.78. The third-order valence-corrected chi connectivity index (χ3v) is 3.67. The van der Waals surface area contributed by atoms with E-state index in [1.54, 1.807) is 25.1 Å². The number of benzene rings is 1. The van der Waals surface area contributed by atoms with Crippen molar-refractivity contribution in [2.24, 2.45) is 0 Å². The summed E-state index contributed by atoms with van der Waals surface area (Å²) in [5, 5.41) is 1.06. The Balaban J connectivity index is 2.44. The SMILES string of the molecule is CCONS(=O)(=O)c1ccc2nc(Cl)ccc2c1. The van der Waals surface area contributed by atoms with E-state index in [1.807, 2.05) is 4.89 Å². The number of hydrogen-bond donors (Lipinski definition) is 1. The molecule has 2 aromatic rings. The van der Waals surface area contributed by atoms with Gasteiger partial charge in [0.25, 0.3) is 10.0 Å². The minimum absolute atomic E-state index is 0.118. The molecule has 1 aromatic heterocycles. The smallest absolute Gasteiger partial charge is 0.262 e. The molecule has 96 valence electrons. The van der Waals surface area contributed by atoms with Gasteiger partial charge in [-0.05, 0) is 37.3 Å². The predicted octanol–water partition coefficient (Wildman–Crippen LogP) is 2.12. The number of halogens is 1. The van der Waals surface area contributed by atoms with Gasteiger partial charge in [-0.25, -0.2) is 13.4 Å². The number of pyridine rings is 1. The van der Waals surface area contributed by atoms with Crippen molar-refractivity contribution in [2.45, 2.75) is 11.8 Å². The van der Waals surface area contributed by atoms with Gasteiger partial charge in [0.2, 0.25) is 0 Å². The first-order chi connectivity index (χ1) is 8.53. The van der Waals surface area contributed by atoms with Crippen LogP contribution in [0.25, 0.3) is 10.9 Å². The second kappa shape index (κ2) is 5.19. The zero-order valence-corrected chi connectivity index (χ0v) is 11.1. The van der Waals surface area contributed by atoms with Gasteiger partial charge >= 0.3 is 0 Å². The van der Waals surface area contributed by atoms with Gasteiger partial charge in [-0.1, -0.05) is 16.5 Å². The van der Waals surface area contributed by atoms with E-state index in [2.05, 4.69) is 4.98 Å². The molecule has 1 aromatic carbocycles. The molecule has 7 heteroatoms. The molecule has 0 aliphatic carbocycles. The highest BCUT2D eigenvalue weighted by Gasteiger charge is 2.14. The molecule has 0 spiro atoms. The van der Waals surface area contributed by atoms with E-state index in [0.29, 0.717) is 16.1 Å². The number of fused-ring (bicyclic) bond motifs is 1. The Morgan fingerprint density at radius 2 is 2.11 bits per heavy atom. The summed E-state index contributed by atoms with van der Waals surface area (Å²) < 4.78 is 23.6. The number of nitrogens with one attached hydrogen (secondary N) is 1. The minimum Gasteiger partial charge on any atom is -0.287 e. The van der Waals surface area contributed by atoms with E-state index < -0.39 is 10.0 Å². The van der Waals surface area contributed by atoms with Crippen LogP contribution >= 0.6 is 11.6 Å². The molecule has 0 atom stereocenters. The number of rotatable bonds is 4. The van der Waals surface area contributed by atoms with E-state index in [4.69, 9.17) is 16.4 Å². The lowest BCUT2D eigenvalue weighted by Gasteiger charge is -2.06. The highest BCUT2D eigenvalue weighted by atomic mass is 35.5. The van der Waals surface area contributed by atoms with Crippen LogP contribution in [-0.4, -0.2) is 20.0 Å². The molecule has 0 saturated carbocycles. The van der Waals surface area contributed by atoms with Crippen molar-refractivity contribution in [1.82, 2.24) is 9.87 Å². The highest BCUT2D eigenvalue weighted by molar-refractivity contribution is 7.89. The molecule has 0 aliphatic rings. The van der Waals surface area contributed by atoms with E-state index in [0.717, 1.165) is 0 Å². The summed E-state index contributed by atoms with van der Waals surface area (Å²) in [5.41, 5.74) is 0.637. The lowest BCUT2D eigenvalue weighted by molar-refractivity contribution is 0.105. The molecule has 18 heavy (non-hydrogen) atoms. The number of hydrogen-bond acceptors (Lipinski definition) is 4. The maximum Gasteiger partial charge on any atom is 0.262 e. The van der Waals surface area contributed by atoms with Crippen LogP contribution in [0.15, 0.2) is 35.2 Å². The Morgan fingerprint density at radius 1 is 1.33 bits per heavy atom. The van der Waals surface area contributed by atoms with Gasteiger partial charge in [0.15, 0.2) is 0 Å². The average Bonchev–Trinajstić information content (AvgIpc) is 2.35. The van der Waals surface area contributed by atoms with E-state index >= 15 is 0 Å². The second-order valence-corrected chi connectivity index (χ2v) is 5.54. The quantitative estimate of drug-likeness (QED) is 0.690. The van der Waals surface area contributed by atoms with Crippen LogP contribution in [0.1, 0.15) is 6.92 Å². The Bertz CT molecular complexity index is 673. The van der Waals surface area contributed by atoms with Gasteiger partial charge in [0, 0.05) is 5.39 Å². The summed E-state index contributed by atoms with van der Waals surface area (Å²) in [6, 6.07) is 7.88. The van der Waals surface area contributed by atoms with Gasteiger partial charge < -0.3 is 0 Å². The number of sulfonamides is 1. The van der Waals surface area contributed by atoms with Gasteiger partial charge in [-0.3, -0.25) is 4.84 Å². The van der Waals surface area contributed by atoms with Crippen molar-refractivity contribution in [3.05, 3.63) is 35.5 Å². The molecule has 0 amide bonds. The van der Waals surface area contributed by atoms with Crippen LogP contribution in [0.3, 0.4) is 0 Å². The molecule has 2 rings (SSSR count). The number of aromatic nitrogens is 1. The first-order valence-corrected chi connectivity index (χ1v) is 7.09. The molecule has 0 aliphatic heterocycles.